The average Bonchev–Trinajstić information content (AvgIpc) is 2.82. The summed E-state index contributed by atoms with van der Waals surface area (Å²) in [4.78, 5) is 33.4. The van der Waals surface area contributed by atoms with E-state index in [-0.39, 0.29) is 0 Å². The van der Waals surface area contributed by atoms with E-state index in [0.717, 1.165) is 35.1 Å². The quantitative estimate of drug-likeness (QED) is 0.507. The van der Waals surface area contributed by atoms with Crippen molar-refractivity contribution in [1.29, 1.82) is 0 Å². The normalized spacial score (nSPS) is 14.5. The van der Waals surface area contributed by atoms with Gasteiger partial charge in [0.2, 0.25) is 0 Å². The van der Waals surface area contributed by atoms with Crippen LogP contribution in [0.25, 0.3) is 10.9 Å². The fraction of sp³-hybridized carbons (Fsp3) is 0.346. The lowest BCUT2D eigenvalue weighted by Crippen LogP contribution is -2.37. The zero-order chi connectivity index (χ0) is 24.4. The largest absolute Gasteiger partial charge is 0.495 e. The predicted molar refractivity (Wildman–Crippen MR) is 133 cm³/mol. The van der Waals surface area contributed by atoms with Crippen molar-refractivity contribution in [3.8, 4) is 5.75 Å². The third-order valence-electron chi connectivity index (χ3n) is 6.08. The van der Waals surface area contributed by atoms with Gasteiger partial charge in [-0.05, 0) is 45.0 Å². The number of carbonyl (C=O) groups is 2. The molecule has 1 amide bonds. The maximum atomic E-state index is 13.5. The van der Waals surface area contributed by atoms with Crippen LogP contribution in [0.1, 0.15) is 42.4 Å². The first-order valence-electron chi connectivity index (χ1n) is 11.3. The standard InChI is InChI=1S/C26H28ClN3O4/c1-15(2)30-12-11-21-19(14-30)24(18-7-5-6-8-20(18)28-21)26(32)34-16(3)25(31)29-22-13-17(27)9-10-23(22)33-4/h5-10,13,15-16H,11-12,14H2,1-4H3,(H,29,31). The van der Waals surface area contributed by atoms with Gasteiger partial charge in [0.25, 0.3) is 5.91 Å². The minimum Gasteiger partial charge on any atom is -0.495 e. The molecule has 0 radical (unpaired) electrons. The van der Waals surface area contributed by atoms with Gasteiger partial charge in [0.1, 0.15) is 5.75 Å². The van der Waals surface area contributed by atoms with E-state index in [9.17, 15) is 9.59 Å². The molecule has 1 unspecified atom stereocenters. The molecule has 1 N–H and O–H groups in total. The first-order chi connectivity index (χ1) is 16.3. The second kappa shape index (κ2) is 9.99. The molecule has 0 fully saturated rings. The number of aromatic nitrogens is 1. The molecular formula is C26H28ClN3O4. The highest BCUT2D eigenvalue weighted by atomic mass is 35.5. The Balaban J connectivity index is 1.62. The number of esters is 1. The summed E-state index contributed by atoms with van der Waals surface area (Å²) in [5.74, 6) is -0.564. The number of halogens is 1. The van der Waals surface area contributed by atoms with Crippen LogP contribution in [0.15, 0.2) is 42.5 Å². The van der Waals surface area contributed by atoms with Crippen LogP contribution in [-0.4, -0.2) is 47.6 Å². The zero-order valence-electron chi connectivity index (χ0n) is 19.7. The maximum Gasteiger partial charge on any atom is 0.339 e. The first kappa shape index (κ1) is 24.0. The molecule has 0 spiro atoms. The summed E-state index contributed by atoms with van der Waals surface area (Å²) >= 11 is 6.06. The fourth-order valence-corrected chi connectivity index (χ4v) is 4.34. The van der Waals surface area contributed by atoms with E-state index in [2.05, 4.69) is 24.1 Å². The zero-order valence-corrected chi connectivity index (χ0v) is 20.5. The number of carbonyl (C=O) groups excluding carboxylic acids is 2. The molecule has 1 aliphatic rings. The van der Waals surface area contributed by atoms with Crippen molar-refractivity contribution in [2.75, 3.05) is 19.0 Å². The molecule has 2 aromatic carbocycles. The molecule has 34 heavy (non-hydrogen) atoms. The molecule has 0 bridgehead atoms. The van der Waals surface area contributed by atoms with Gasteiger partial charge in [0.05, 0.1) is 23.9 Å². The van der Waals surface area contributed by atoms with Crippen molar-refractivity contribution < 1.29 is 19.1 Å². The summed E-state index contributed by atoms with van der Waals surface area (Å²) in [6, 6.07) is 12.8. The number of hydrogen-bond acceptors (Lipinski definition) is 6. The number of benzene rings is 2. The fourth-order valence-electron chi connectivity index (χ4n) is 4.17. The van der Waals surface area contributed by atoms with Crippen molar-refractivity contribution >= 4 is 40.1 Å². The smallest absolute Gasteiger partial charge is 0.339 e. The van der Waals surface area contributed by atoms with Crippen LogP contribution in [0.4, 0.5) is 5.69 Å². The number of amides is 1. The van der Waals surface area contributed by atoms with Crippen LogP contribution in [0.2, 0.25) is 5.02 Å². The SMILES string of the molecule is COc1ccc(Cl)cc1NC(=O)C(C)OC(=O)c1c2c(nc3ccccc13)CCN(C(C)C)C2. The Bertz CT molecular complexity index is 1240. The van der Waals surface area contributed by atoms with Crippen molar-refractivity contribution in [1.82, 2.24) is 9.88 Å². The molecule has 3 aromatic rings. The van der Waals surface area contributed by atoms with Gasteiger partial charge in [-0.15, -0.1) is 0 Å². The van der Waals surface area contributed by atoms with Crippen molar-refractivity contribution in [2.24, 2.45) is 0 Å². The van der Waals surface area contributed by atoms with Gasteiger partial charge in [0, 0.05) is 47.2 Å². The van der Waals surface area contributed by atoms with Gasteiger partial charge in [-0.25, -0.2) is 4.79 Å². The van der Waals surface area contributed by atoms with E-state index >= 15 is 0 Å². The topological polar surface area (TPSA) is 80.8 Å². The molecular weight excluding hydrogens is 454 g/mol. The maximum absolute atomic E-state index is 13.5. The van der Waals surface area contributed by atoms with Crippen molar-refractivity contribution in [3.05, 3.63) is 64.3 Å². The number of methoxy groups -OCH3 is 1. The Morgan fingerprint density at radius 1 is 1.15 bits per heavy atom. The summed E-state index contributed by atoms with van der Waals surface area (Å²) in [5.41, 5.74) is 3.40. The molecule has 0 saturated heterocycles. The highest BCUT2D eigenvalue weighted by Crippen LogP contribution is 2.31. The predicted octanol–water partition coefficient (Wildman–Crippen LogP) is 4.85. The Kier molecular flexibility index (Phi) is 7.05. The molecule has 0 saturated carbocycles. The number of hydrogen-bond donors (Lipinski definition) is 1. The van der Waals surface area contributed by atoms with E-state index in [0.29, 0.717) is 34.6 Å². The van der Waals surface area contributed by atoms with Crippen molar-refractivity contribution in [2.45, 2.75) is 45.9 Å². The van der Waals surface area contributed by atoms with Crippen LogP contribution >= 0.6 is 11.6 Å². The van der Waals surface area contributed by atoms with Gasteiger partial charge in [-0.2, -0.15) is 0 Å². The van der Waals surface area contributed by atoms with E-state index in [1.165, 1.54) is 7.11 Å². The van der Waals surface area contributed by atoms with E-state index < -0.39 is 18.0 Å². The molecule has 7 nitrogen and oxygen atoms in total. The minimum absolute atomic E-state index is 0.334. The Morgan fingerprint density at radius 2 is 1.91 bits per heavy atom. The number of nitrogens with one attached hydrogen (secondary N) is 1. The van der Waals surface area contributed by atoms with Crippen LogP contribution in [0.3, 0.4) is 0 Å². The molecule has 2 heterocycles. The Hall–Kier alpha value is -3.16. The molecule has 0 aliphatic carbocycles. The number of ether oxygens (including phenoxy) is 2. The van der Waals surface area contributed by atoms with Gasteiger partial charge < -0.3 is 14.8 Å². The van der Waals surface area contributed by atoms with E-state index in [1.807, 2.05) is 24.3 Å². The minimum atomic E-state index is -1.04. The van der Waals surface area contributed by atoms with Gasteiger partial charge in [-0.1, -0.05) is 29.8 Å². The highest BCUT2D eigenvalue weighted by Gasteiger charge is 2.29. The second-order valence-corrected chi connectivity index (χ2v) is 9.06. The summed E-state index contributed by atoms with van der Waals surface area (Å²) in [6.07, 6.45) is -0.285. The number of pyridine rings is 1. The van der Waals surface area contributed by atoms with Crippen LogP contribution in [-0.2, 0) is 22.5 Å². The van der Waals surface area contributed by atoms with Crippen LogP contribution in [0, 0.1) is 0 Å². The molecule has 1 atom stereocenters. The van der Waals surface area contributed by atoms with Gasteiger partial charge in [-0.3, -0.25) is 14.7 Å². The Morgan fingerprint density at radius 3 is 2.65 bits per heavy atom. The van der Waals surface area contributed by atoms with Crippen molar-refractivity contribution in [3.63, 3.8) is 0 Å². The first-order valence-corrected chi connectivity index (χ1v) is 11.7. The second-order valence-electron chi connectivity index (χ2n) is 8.62. The lowest BCUT2D eigenvalue weighted by molar-refractivity contribution is -0.123. The van der Waals surface area contributed by atoms with Gasteiger partial charge in [0.15, 0.2) is 6.10 Å². The third kappa shape index (κ3) is 4.86. The number of anilines is 1. The summed E-state index contributed by atoms with van der Waals surface area (Å²) in [7, 11) is 1.50. The number of nitrogens with zero attached hydrogens (tertiary/aromatic N) is 2. The molecule has 1 aromatic heterocycles. The van der Waals surface area contributed by atoms with E-state index in [1.54, 1.807) is 25.1 Å². The monoisotopic (exact) mass is 481 g/mol. The summed E-state index contributed by atoms with van der Waals surface area (Å²) in [6.45, 7) is 7.29. The molecule has 1 aliphatic heterocycles. The molecule has 178 valence electrons. The van der Waals surface area contributed by atoms with E-state index in [4.69, 9.17) is 26.1 Å². The average molecular weight is 482 g/mol. The van der Waals surface area contributed by atoms with Gasteiger partial charge >= 0.3 is 5.97 Å². The lowest BCUT2D eigenvalue weighted by atomic mass is 9.95. The van der Waals surface area contributed by atoms with Crippen LogP contribution in [0.5, 0.6) is 5.75 Å². The summed E-state index contributed by atoms with van der Waals surface area (Å²) < 4.78 is 11.0. The number of para-hydroxylation sites is 1. The Labute approximate surface area is 204 Å². The molecule has 4 rings (SSSR count). The van der Waals surface area contributed by atoms with Crippen LogP contribution < -0.4 is 10.1 Å². The lowest BCUT2D eigenvalue weighted by Gasteiger charge is -2.32. The molecule has 8 heteroatoms. The highest BCUT2D eigenvalue weighted by molar-refractivity contribution is 6.31. The number of fused-ring (bicyclic) bond motifs is 2. The summed E-state index contributed by atoms with van der Waals surface area (Å²) in [5, 5.41) is 3.91. The number of rotatable bonds is 6. The third-order valence-corrected chi connectivity index (χ3v) is 6.32.